The van der Waals surface area contributed by atoms with E-state index in [1.165, 1.54) is 6.08 Å². The first-order valence-electron chi connectivity index (χ1n) is 6.00. The zero-order valence-electron chi connectivity index (χ0n) is 10.8. The first-order chi connectivity index (χ1) is 9.61. The number of para-hydroxylation sites is 1. The van der Waals surface area contributed by atoms with Gasteiger partial charge in [0, 0.05) is 5.56 Å². The Morgan fingerprint density at radius 3 is 2.30 bits per heavy atom. The van der Waals surface area contributed by atoms with Crippen molar-refractivity contribution in [2.75, 3.05) is 0 Å². The lowest BCUT2D eigenvalue weighted by atomic mass is 10.2. The summed E-state index contributed by atoms with van der Waals surface area (Å²) in [7, 11) is -3.79. The highest BCUT2D eigenvalue weighted by Gasteiger charge is 2.10. The van der Waals surface area contributed by atoms with E-state index < -0.39 is 10.1 Å². The second kappa shape index (κ2) is 6.21. The zero-order chi connectivity index (χ0) is 14.4. The van der Waals surface area contributed by atoms with Crippen molar-refractivity contribution in [3.63, 3.8) is 0 Å². The molecule has 102 valence electrons. The molecule has 4 heteroatoms. The molecule has 0 radical (unpaired) electrons. The molecule has 0 aromatic heterocycles. The number of hydrogen-bond acceptors (Lipinski definition) is 3. The fourth-order valence-corrected chi connectivity index (χ4v) is 2.39. The molecule has 0 aliphatic heterocycles. The van der Waals surface area contributed by atoms with Crippen LogP contribution in [0.2, 0.25) is 0 Å². The van der Waals surface area contributed by atoms with E-state index in [0.717, 1.165) is 11.0 Å². The Morgan fingerprint density at radius 2 is 1.60 bits per heavy atom. The molecule has 0 aliphatic carbocycles. The average Bonchev–Trinajstić information content (AvgIpc) is 2.47. The molecule has 0 aliphatic rings. The molecule has 20 heavy (non-hydrogen) atoms. The van der Waals surface area contributed by atoms with Gasteiger partial charge in [-0.1, -0.05) is 61.2 Å². The summed E-state index contributed by atoms with van der Waals surface area (Å²) in [4.78, 5) is 0. The van der Waals surface area contributed by atoms with Crippen LogP contribution in [0.15, 0.2) is 66.6 Å². The van der Waals surface area contributed by atoms with Crippen molar-refractivity contribution >= 4 is 22.3 Å². The van der Waals surface area contributed by atoms with Crippen molar-refractivity contribution in [1.82, 2.24) is 0 Å². The minimum atomic E-state index is -3.79. The lowest BCUT2D eigenvalue weighted by molar-refractivity contribution is 0.496. The van der Waals surface area contributed by atoms with Crippen LogP contribution in [-0.4, -0.2) is 8.42 Å². The van der Waals surface area contributed by atoms with Gasteiger partial charge in [-0.2, -0.15) is 8.42 Å². The molecule has 2 aromatic rings. The van der Waals surface area contributed by atoms with Crippen molar-refractivity contribution < 1.29 is 12.6 Å². The van der Waals surface area contributed by atoms with E-state index in [1.807, 2.05) is 30.3 Å². The second-order valence-corrected chi connectivity index (χ2v) is 5.46. The molecule has 2 aromatic carbocycles. The lowest BCUT2D eigenvalue weighted by Gasteiger charge is -2.06. The fraction of sp³-hybridized carbons (Fsp3) is 0. The van der Waals surface area contributed by atoms with Crippen LogP contribution in [0.3, 0.4) is 0 Å². The third kappa shape index (κ3) is 3.83. The Bertz CT molecular complexity index is 716. The van der Waals surface area contributed by atoms with Gasteiger partial charge in [0.1, 0.15) is 5.75 Å². The van der Waals surface area contributed by atoms with Gasteiger partial charge in [0.2, 0.25) is 0 Å². The van der Waals surface area contributed by atoms with Gasteiger partial charge in [0.05, 0.1) is 5.41 Å². The van der Waals surface area contributed by atoms with Crippen LogP contribution in [0.4, 0.5) is 0 Å². The van der Waals surface area contributed by atoms with Gasteiger partial charge in [-0.25, -0.2) is 0 Å². The maximum Gasteiger partial charge on any atom is 0.332 e. The van der Waals surface area contributed by atoms with Crippen LogP contribution >= 0.6 is 0 Å². The number of hydrogen-bond donors (Lipinski definition) is 0. The van der Waals surface area contributed by atoms with E-state index in [2.05, 4.69) is 6.58 Å². The Balaban J connectivity index is 2.20. The number of benzene rings is 2. The summed E-state index contributed by atoms with van der Waals surface area (Å²) in [5.41, 5.74) is 1.42. The van der Waals surface area contributed by atoms with Crippen molar-refractivity contribution in [3.05, 3.63) is 77.7 Å². The van der Waals surface area contributed by atoms with Gasteiger partial charge in [-0.05, 0) is 17.7 Å². The molecule has 0 atom stereocenters. The predicted octanol–water partition coefficient (Wildman–Crippen LogP) is 3.71. The van der Waals surface area contributed by atoms with E-state index in [0.29, 0.717) is 5.56 Å². The molecule has 0 saturated carbocycles. The van der Waals surface area contributed by atoms with Crippen LogP contribution in [0, 0.1) is 0 Å². The minimum absolute atomic E-state index is 0.264. The first-order valence-corrected chi connectivity index (χ1v) is 7.47. The van der Waals surface area contributed by atoms with Crippen LogP contribution < -0.4 is 4.18 Å². The molecule has 0 unspecified atom stereocenters. The van der Waals surface area contributed by atoms with E-state index in [4.69, 9.17) is 4.18 Å². The standard InChI is InChI=1S/C16H14O3S/c1-2-15-10-6-7-11-16(15)19-20(17,18)13-12-14-8-4-3-5-9-14/h2-13H,1H2. The molecular weight excluding hydrogens is 272 g/mol. The van der Waals surface area contributed by atoms with Crippen molar-refractivity contribution in [1.29, 1.82) is 0 Å². The summed E-state index contributed by atoms with van der Waals surface area (Å²) < 4.78 is 28.9. The molecule has 0 fully saturated rings. The molecule has 0 saturated heterocycles. The van der Waals surface area contributed by atoms with Gasteiger partial charge in [-0.3, -0.25) is 0 Å². The highest BCUT2D eigenvalue weighted by Crippen LogP contribution is 2.21. The van der Waals surface area contributed by atoms with E-state index in [-0.39, 0.29) is 5.75 Å². The maximum atomic E-state index is 11.9. The normalized spacial score (nSPS) is 11.4. The van der Waals surface area contributed by atoms with Crippen LogP contribution in [0.5, 0.6) is 5.75 Å². The summed E-state index contributed by atoms with van der Waals surface area (Å²) in [6.07, 6.45) is 3.04. The summed E-state index contributed by atoms with van der Waals surface area (Å²) >= 11 is 0. The van der Waals surface area contributed by atoms with E-state index >= 15 is 0 Å². The third-order valence-electron chi connectivity index (χ3n) is 2.57. The minimum Gasteiger partial charge on any atom is -0.379 e. The Kier molecular flexibility index (Phi) is 4.38. The Morgan fingerprint density at radius 1 is 0.950 bits per heavy atom. The van der Waals surface area contributed by atoms with E-state index in [9.17, 15) is 8.42 Å². The van der Waals surface area contributed by atoms with Crippen LogP contribution in [0.1, 0.15) is 11.1 Å². The smallest absolute Gasteiger partial charge is 0.332 e. The molecular formula is C16H14O3S. The molecule has 0 heterocycles. The lowest BCUT2D eigenvalue weighted by Crippen LogP contribution is -2.05. The summed E-state index contributed by atoms with van der Waals surface area (Å²) in [5.74, 6) is 0.264. The molecule has 0 spiro atoms. The topological polar surface area (TPSA) is 43.4 Å². The Hall–Kier alpha value is -2.33. The van der Waals surface area contributed by atoms with Gasteiger partial charge >= 0.3 is 10.1 Å². The molecule has 2 rings (SSSR count). The SMILES string of the molecule is C=Cc1ccccc1OS(=O)(=O)C=Cc1ccccc1. The first kappa shape index (κ1) is 14.1. The van der Waals surface area contributed by atoms with Crippen LogP contribution in [0.25, 0.3) is 12.2 Å². The van der Waals surface area contributed by atoms with Crippen molar-refractivity contribution in [3.8, 4) is 5.75 Å². The van der Waals surface area contributed by atoms with Gasteiger partial charge in [0.15, 0.2) is 0 Å². The second-order valence-electron chi connectivity index (χ2n) is 4.03. The van der Waals surface area contributed by atoms with Crippen molar-refractivity contribution in [2.45, 2.75) is 0 Å². The fourth-order valence-electron chi connectivity index (χ4n) is 1.60. The van der Waals surface area contributed by atoms with Crippen LogP contribution in [-0.2, 0) is 10.1 Å². The van der Waals surface area contributed by atoms with Gasteiger partial charge < -0.3 is 4.18 Å². The highest BCUT2D eigenvalue weighted by molar-refractivity contribution is 7.90. The van der Waals surface area contributed by atoms with Gasteiger partial charge in [0.25, 0.3) is 0 Å². The van der Waals surface area contributed by atoms with Crippen molar-refractivity contribution in [2.24, 2.45) is 0 Å². The summed E-state index contributed by atoms with van der Waals surface area (Å²) in [5, 5.41) is 1.04. The molecule has 3 nitrogen and oxygen atoms in total. The largest absolute Gasteiger partial charge is 0.379 e. The average molecular weight is 286 g/mol. The number of rotatable bonds is 5. The zero-order valence-corrected chi connectivity index (χ0v) is 11.6. The summed E-state index contributed by atoms with van der Waals surface area (Å²) in [6, 6.07) is 16.0. The third-order valence-corrected chi connectivity index (χ3v) is 3.45. The molecule has 0 bridgehead atoms. The quantitative estimate of drug-likeness (QED) is 0.787. The Labute approximate surface area is 119 Å². The molecule has 0 amide bonds. The van der Waals surface area contributed by atoms with E-state index in [1.54, 1.807) is 30.3 Å². The van der Waals surface area contributed by atoms with Gasteiger partial charge in [-0.15, -0.1) is 0 Å². The highest BCUT2D eigenvalue weighted by atomic mass is 32.2. The molecule has 0 N–H and O–H groups in total. The summed E-state index contributed by atoms with van der Waals surface area (Å²) in [6.45, 7) is 3.62. The maximum absolute atomic E-state index is 11.9. The predicted molar refractivity (Wildman–Crippen MR) is 81.6 cm³/mol. The monoisotopic (exact) mass is 286 g/mol.